The molecule has 140 heavy (non-hydrogen) atoms. The van der Waals surface area contributed by atoms with Crippen molar-refractivity contribution >= 4 is 0 Å². The standard InChI is InChI=1S/C14H28N2.2C13H26N2.3C12H24N2.4C11H22N2/c1-11(2)15-7-5-14-10-16(12(3)4)8-6-13(14)9-15;2*1-10(2)14-6-5-12-7-15(11(3)4)9-13(12)8-14;1-9(2)13-7-5-12-11(13)6-8-14(12)10(3)4;2*1-9(2)13-7-11-5-6-14(10(3)4)12(11)8-13;2*1-8(2)12-5-10-6-13(9(3)4)11(10)7-12;2*1-8(2)12-6-5-10-11(12)7-13(10)9(3)4/h11-14H,5-10H2,1-4H3;2*10-13H,5-9H2,1-4H3;3*9-12H,5-8H2,1-4H3;4*8-11H,5-7H2,1-4H3. The van der Waals surface area contributed by atoms with E-state index < -0.39 is 0 Å². The maximum atomic E-state index is 2.70. The summed E-state index contributed by atoms with van der Waals surface area (Å²) in [5, 5.41) is 0. The summed E-state index contributed by atoms with van der Waals surface area (Å²) in [7, 11) is 0. The van der Waals surface area contributed by atoms with Crippen LogP contribution in [0.1, 0.15) is 341 Å². The number of hydrogen-bond acceptors (Lipinski definition) is 20. The third-order valence-electron chi connectivity index (χ3n) is 40.1. The van der Waals surface area contributed by atoms with Gasteiger partial charge >= 0.3 is 0 Å². The van der Waals surface area contributed by atoms with Gasteiger partial charge in [0.25, 0.3) is 0 Å². The average molecular weight is 1960 g/mol. The maximum absolute atomic E-state index is 2.70. The largest absolute Gasteiger partial charge is 0.301 e. The fourth-order valence-electron chi connectivity index (χ4n) is 30.4. The Morgan fingerprint density at radius 3 is 0.486 bits per heavy atom. The van der Waals surface area contributed by atoms with E-state index in [1.165, 1.54) is 261 Å². The van der Waals surface area contributed by atoms with Gasteiger partial charge in [-0.2, -0.15) is 0 Å². The molecular formula is C120H240N20. The summed E-state index contributed by atoms with van der Waals surface area (Å²) in [4.78, 5) is 53.3. The zero-order chi connectivity index (χ0) is 103. The molecule has 20 saturated heterocycles. The van der Waals surface area contributed by atoms with Gasteiger partial charge in [-0.05, 0) is 428 Å². The van der Waals surface area contributed by atoms with Crippen LogP contribution in [0.3, 0.4) is 0 Å². The molecule has 0 aromatic carbocycles. The highest BCUT2D eigenvalue weighted by Crippen LogP contribution is 2.44. The fraction of sp³-hybridized carbons (Fsp3) is 1.00. The first-order chi connectivity index (χ1) is 65.9. The van der Waals surface area contributed by atoms with Crippen LogP contribution in [0.5, 0.6) is 0 Å². The summed E-state index contributed by atoms with van der Waals surface area (Å²) >= 11 is 0. The Morgan fingerprint density at radius 1 is 0.100 bits per heavy atom. The van der Waals surface area contributed by atoms with Gasteiger partial charge in [-0.1, -0.05) is 0 Å². The van der Waals surface area contributed by atoms with E-state index in [4.69, 9.17) is 0 Å². The third-order valence-corrected chi connectivity index (χ3v) is 40.1. The minimum absolute atomic E-state index is 0.731. The van der Waals surface area contributed by atoms with Crippen molar-refractivity contribution in [3.63, 3.8) is 0 Å². The quantitative estimate of drug-likeness (QED) is 0.116. The van der Waals surface area contributed by atoms with Gasteiger partial charge in [-0.3, -0.25) is 68.6 Å². The van der Waals surface area contributed by atoms with E-state index >= 15 is 0 Å². The first-order valence-corrected chi connectivity index (χ1v) is 60.9. The van der Waals surface area contributed by atoms with Gasteiger partial charge in [0.15, 0.2) is 0 Å². The van der Waals surface area contributed by atoms with Crippen LogP contribution in [-0.4, -0.2) is 476 Å². The molecule has 0 aromatic heterocycles. The maximum Gasteiger partial charge on any atom is 0.0382 e. The molecule has 0 spiro atoms. The molecule has 20 atom stereocenters. The Morgan fingerprint density at radius 2 is 0.250 bits per heavy atom. The van der Waals surface area contributed by atoms with Crippen molar-refractivity contribution in [2.75, 3.05) is 196 Å². The minimum atomic E-state index is 0.731. The smallest absolute Gasteiger partial charge is 0.0382 e. The second kappa shape index (κ2) is 54.1. The second-order valence-corrected chi connectivity index (χ2v) is 55.0. The first kappa shape index (κ1) is 119. The molecule has 20 fully saturated rings. The van der Waals surface area contributed by atoms with Gasteiger partial charge in [0.1, 0.15) is 0 Å². The normalized spacial score (nSPS) is 34.7. The van der Waals surface area contributed by atoms with Gasteiger partial charge in [-0.15, -0.1) is 0 Å². The monoisotopic (exact) mass is 1960 g/mol. The van der Waals surface area contributed by atoms with Crippen LogP contribution in [-0.2, 0) is 0 Å². The van der Waals surface area contributed by atoms with E-state index in [9.17, 15) is 0 Å². The first-order valence-electron chi connectivity index (χ1n) is 60.9. The van der Waals surface area contributed by atoms with Crippen molar-refractivity contribution in [2.24, 2.45) is 59.2 Å². The minimum Gasteiger partial charge on any atom is -0.301 e. The molecule has 0 bridgehead atoms. The van der Waals surface area contributed by atoms with Crippen molar-refractivity contribution in [2.45, 2.75) is 522 Å². The Bertz CT molecular complexity index is 3190. The number of nitrogens with zero attached hydrogens (tertiary/aromatic N) is 20. The zero-order valence-corrected chi connectivity index (χ0v) is 100. The van der Waals surface area contributed by atoms with Gasteiger partial charge in [0.2, 0.25) is 0 Å². The summed E-state index contributed by atoms with van der Waals surface area (Å²) in [5.41, 5.74) is 0. The van der Waals surface area contributed by atoms with Crippen molar-refractivity contribution in [1.29, 1.82) is 0 Å². The number of hydrogen-bond donors (Lipinski definition) is 0. The van der Waals surface area contributed by atoms with Crippen molar-refractivity contribution < 1.29 is 0 Å². The molecule has 0 saturated carbocycles. The number of rotatable bonds is 20. The predicted octanol–water partition coefficient (Wildman–Crippen LogP) is 18.1. The Hall–Kier alpha value is -0.800. The third kappa shape index (κ3) is 30.4. The molecule has 0 amide bonds. The molecule has 20 heterocycles. The molecule has 20 nitrogen and oxygen atoms in total. The summed E-state index contributed by atoms with van der Waals surface area (Å²) < 4.78 is 0. The van der Waals surface area contributed by atoms with Crippen LogP contribution in [0.25, 0.3) is 0 Å². The van der Waals surface area contributed by atoms with Gasteiger partial charge in [0, 0.05) is 350 Å². The van der Waals surface area contributed by atoms with Gasteiger partial charge < -0.3 is 29.4 Å². The Balaban J connectivity index is 0.000000149. The molecule has 20 rings (SSSR count). The van der Waals surface area contributed by atoms with Crippen LogP contribution < -0.4 is 0 Å². The van der Waals surface area contributed by atoms with Crippen LogP contribution >= 0.6 is 0 Å². The van der Waals surface area contributed by atoms with Crippen LogP contribution in [0, 0.1) is 59.2 Å². The molecule has 20 aliphatic rings. The molecule has 0 N–H and O–H groups in total. The lowest BCUT2D eigenvalue weighted by Gasteiger charge is -2.50. The predicted molar refractivity (Wildman–Crippen MR) is 604 cm³/mol. The van der Waals surface area contributed by atoms with Crippen LogP contribution in [0.2, 0.25) is 0 Å². The van der Waals surface area contributed by atoms with E-state index in [2.05, 4.69) is 375 Å². The highest BCUT2D eigenvalue weighted by atomic mass is 15.4. The molecule has 0 radical (unpaired) electrons. The highest BCUT2D eigenvalue weighted by molar-refractivity contribution is 5.10. The molecule has 20 heteroatoms. The number of likely N-dealkylation sites (tertiary alicyclic amines) is 20. The van der Waals surface area contributed by atoms with E-state index in [-0.39, 0.29) is 0 Å². The summed E-state index contributed by atoms with van der Waals surface area (Å²) in [6.45, 7) is 133. The molecule has 0 aliphatic carbocycles. The molecular weight excluding hydrogens is 1720 g/mol. The summed E-state index contributed by atoms with van der Waals surface area (Å²) in [5.74, 6) is 9.70. The summed E-state index contributed by atoms with van der Waals surface area (Å²) in [6.07, 6.45) is 14.1. The highest BCUT2D eigenvalue weighted by Gasteiger charge is 2.54. The van der Waals surface area contributed by atoms with Crippen molar-refractivity contribution in [3.05, 3.63) is 0 Å². The van der Waals surface area contributed by atoms with E-state index in [1.54, 1.807) is 0 Å². The summed E-state index contributed by atoms with van der Waals surface area (Å²) in [6, 6.07) is 23.4. The zero-order valence-electron chi connectivity index (χ0n) is 100. The van der Waals surface area contributed by atoms with E-state index in [1.807, 2.05) is 0 Å². The van der Waals surface area contributed by atoms with Crippen LogP contribution in [0.15, 0.2) is 0 Å². The average Bonchev–Trinajstić information content (AvgIpc) is 1.58. The second-order valence-electron chi connectivity index (χ2n) is 55.0. The topological polar surface area (TPSA) is 64.8 Å². The van der Waals surface area contributed by atoms with E-state index in [0.717, 1.165) is 240 Å². The number of piperidine rings is 4. The Kier molecular flexibility index (Phi) is 46.2. The SMILES string of the molecule is CC(C)N1CC2CCN(C(C)C)C2C1.CC(C)N1CC2CCN(C(C)C)C2C1.CC(C)N1CC2CN(C(C)C)C2C1.CC(C)N1CC2CN(C(C)C)C2C1.CC(C)N1CCC2C1CCN2C(C)C.CC(C)N1CCC2C1CN2C(C)C.CC(C)N1CCC2C1CN2C(C)C.CC(C)N1CCC2CN(C(C)C)CC2C1.CC(C)N1CCC2CN(C(C)C)CC2C1.CC(C)N1CCC2CN(C(C)C)CCC2C1. The number of fused-ring (bicyclic) bond motifs is 10. The van der Waals surface area contributed by atoms with Gasteiger partial charge in [0.05, 0.1) is 0 Å². The molecule has 0 aromatic rings. The van der Waals surface area contributed by atoms with E-state index in [0.29, 0.717) is 0 Å². The van der Waals surface area contributed by atoms with Crippen molar-refractivity contribution in [3.8, 4) is 0 Å². The van der Waals surface area contributed by atoms with Gasteiger partial charge in [-0.25, -0.2) is 0 Å². The fourth-order valence-corrected chi connectivity index (χ4v) is 30.4. The lowest BCUT2D eigenvalue weighted by molar-refractivity contribution is -0.0102. The molecule has 820 valence electrons. The van der Waals surface area contributed by atoms with Crippen molar-refractivity contribution in [1.82, 2.24) is 98.0 Å². The molecule has 20 aliphatic heterocycles. The molecule has 20 unspecified atom stereocenters. The Labute approximate surface area is 870 Å². The lowest BCUT2D eigenvalue weighted by atomic mass is 9.79. The lowest BCUT2D eigenvalue weighted by Crippen LogP contribution is -2.64. The van der Waals surface area contributed by atoms with Crippen LogP contribution in [0.4, 0.5) is 0 Å².